The Morgan fingerprint density at radius 3 is 2.80 bits per heavy atom. The highest BCUT2D eigenvalue weighted by Gasteiger charge is 2.30. The summed E-state index contributed by atoms with van der Waals surface area (Å²) in [6.45, 7) is 2.39. The summed E-state index contributed by atoms with van der Waals surface area (Å²) in [7, 11) is 1.77. The average molecular weight is 353 g/mol. The number of carbonyl (C=O) groups excluding carboxylic acids is 1. The van der Waals surface area contributed by atoms with Gasteiger partial charge in [0.1, 0.15) is 0 Å². The summed E-state index contributed by atoms with van der Waals surface area (Å²) in [5.41, 5.74) is 2.25. The summed E-state index contributed by atoms with van der Waals surface area (Å²) >= 11 is 1.52. The van der Waals surface area contributed by atoms with Crippen molar-refractivity contribution < 1.29 is 9.32 Å². The van der Waals surface area contributed by atoms with Gasteiger partial charge in [-0.15, -0.1) is 11.3 Å². The molecule has 2 aromatic heterocycles. The summed E-state index contributed by atoms with van der Waals surface area (Å²) < 4.78 is 5.26. The minimum Gasteiger partial charge on any atom is -0.339 e. The Morgan fingerprint density at radius 2 is 2.08 bits per heavy atom. The first-order valence-corrected chi connectivity index (χ1v) is 9.17. The molecule has 1 saturated carbocycles. The highest BCUT2D eigenvalue weighted by atomic mass is 32.1. The fourth-order valence-corrected chi connectivity index (χ4v) is 3.94. The second-order valence-electron chi connectivity index (χ2n) is 6.47. The second kappa shape index (κ2) is 6.44. The lowest BCUT2D eigenvalue weighted by molar-refractivity contribution is 0.0785. The highest BCUT2D eigenvalue weighted by molar-refractivity contribution is 7.17. The van der Waals surface area contributed by atoms with Crippen LogP contribution in [0.25, 0.3) is 10.4 Å². The lowest BCUT2D eigenvalue weighted by Crippen LogP contribution is -2.26. The smallest absolute Gasteiger partial charge is 0.264 e. The topological polar surface area (TPSA) is 59.2 Å². The van der Waals surface area contributed by atoms with Gasteiger partial charge in [0.15, 0.2) is 5.82 Å². The van der Waals surface area contributed by atoms with E-state index in [0.29, 0.717) is 24.2 Å². The van der Waals surface area contributed by atoms with Gasteiger partial charge in [-0.2, -0.15) is 4.98 Å². The molecule has 0 atom stereocenters. The second-order valence-corrected chi connectivity index (χ2v) is 7.53. The SMILES string of the molecule is Cc1cc(C(=O)N(C)Cc2noc(C3CC3)n2)sc1-c1ccccc1. The van der Waals surface area contributed by atoms with Crippen molar-refractivity contribution in [1.29, 1.82) is 0 Å². The van der Waals surface area contributed by atoms with Gasteiger partial charge in [-0.05, 0) is 37.0 Å². The molecule has 1 fully saturated rings. The fraction of sp³-hybridized carbons (Fsp3) is 0.316. The van der Waals surface area contributed by atoms with Crippen molar-refractivity contribution in [3.63, 3.8) is 0 Å². The van der Waals surface area contributed by atoms with E-state index >= 15 is 0 Å². The quantitative estimate of drug-likeness (QED) is 0.688. The lowest BCUT2D eigenvalue weighted by atomic mass is 10.1. The molecule has 1 amide bonds. The van der Waals surface area contributed by atoms with Crippen molar-refractivity contribution in [2.45, 2.75) is 32.2 Å². The van der Waals surface area contributed by atoms with Gasteiger partial charge < -0.3 is 9.42 Å². The van der Waals surface area contributed by atoms with Crippen molar-refractivity contribution in [2.24, 2.45) is 0 Å². The van der Waals surface area contributed by atoms with Gasteiger partial charge in [0.2, 0.25) is 5.89 Å². The van der Waals surface area contributed by atoms with Crippen LogP contribution in [0, 0.1) is 6.92 Å². The van der Waals surface area contributed by atoms with E-state index in [2.05, 4.69) is 22.3 Å². The number of amides is 1. The van der Waals surface area contributed by atoms with E-state index in [1.165, 1.54) is 11.3 Å². The molecule has 0 bridgehead atoms. The van der Waals surface area contributed by atoms with Crippen molar-refractivity contribution in [1.82, 2.24) is 15.0 Å². The standard InChI is InChI=1S/C19H19N3O2S/c1-12-10-15(25-17(12)13-6-4-3-5-7-13)19(23)22(2)11-16-20-18(24-21-16)14-8-9-14/h3-7,10,14H,8-9,11H2,1-2H3. The van der Waals surface area contributed by atoms with Crippen LogP contribution in [0.4, 0.5) is 0 Å². The number of hydrogen-bond acceptors (Lipinski definition) is 5. The molecule has 1 aliphatic rings. The van der Waals surface area contributed by atoms with E-state index in [0.717, 1.165) is 33.7 Å². The molecule has 2 heterocycles. The minimum atomic E-state index is -0.0203. The Kier molecular flexibility index (Phi) is 4.13. The zero-order valence-electron chi connectivity index (χ0n) is 14.2. The van der Waals surface area contributed by atoms with Crippen LogP contribution in [0.5, 0.6) is 0 Å². The monoisotopic (exact) mass is 353 g/mol. The first-order valence-electron chi connectivity index (χ1n) is 8.35. The number of carbonyl (C=O) groups is 1. The first kappa shape index (κ1) is 16.0. The maximum atomic E-state index is 12.7. The Morgan fingerprint density at radius 1 is 1.32 bits per heavy atom. The molecule has 6 heteroatoms. The van der Waals surface area contributed by atoms with Gasteiger partial charge in [-0.3, -0.25) is 4.79 Å². The maximum Gasteiger partial charge on any atom is 0.264 e. The Bertz CT molecular complexity index is 897. The molecule has 3 aromatic rings. The molecule has 0 N–H and O–H groups in total. The number of benzene rings is 1. The molecule has 0 radical (unpaired) electrons. The normalized spacial score (nSPS) is 13.8. The molecule has 0 unspecified atom stereocenters. The molecule has 1 aliphatic carbocycles. The van der Waals surface area contributed by atoms with Gasteiger partial charge in [-0.1, -0.05) is 35.5 Å². The average Bonchev–Trinajstić information content (AvgIpc) is 3.25. The van der Waals surface area contributed by atoms with E-state index < -0.39 is 0 Å². The summed E-state index contributed by atoms with van der Waals surface area (Å²) in [5.74, 6) is 1.67. The van der Waals surface area contributed by atoms with Crippen LogP contribution in [0.15, 0.2) is 40.9 Å². The minimum absolute atomic E-state index is 0.0203. The molecule has 0 spiro atoms. The molecular formula is C19H19N3O2S. The Hall–Kier alpha value is -2.47. The van der Waals surface area contributed by atoms with E-state index in [1.807, 2.05) is 31.2 Å². The van der Waals surface area contributed by atoms with E-state index in [4.69, 9.17) is 4.52 Å². The lowest BCUT2D eigenvalue weighted by Gasteiger charge is -2.13. The van der Waals surface area contributed by atoms with Crippen LogP contribution in [0.2, 0.25) is 0 Å². The van der Waals surface area contributed by atoms with E-state index in [1.54, 1.807) is 11.9 Å². The number of hydrogen-bond donors (Lipinski definition) is 0. The van der Waals surface area contributed by atoms with Gasteiger partial charge in [-0.25, -0.2) is 0 Å². The molecule has 0 saturated heterocycles. The number of thiophene rings is 1. The highest BCUT2D eigenvalue weighted by Crippen LogP contribution is 2.39. The van der Waals surface area contributed by atoms with Crippen molar-refractivity contribution in [3.05, 3.63) is 58.6 Å². The molecule has 0 aliphatic heterocycles. The van der Waals surface area contributed by atoms with Crippen LogP contribution in [-0.4, -0.2) is 28.0 Å². The Balaban J connectivity index is 1.49. The third-order valence-electron chi connectivity index (χ3n) is 4.30. The fourth-order valence-electron chi connectivity index (χ4n) is 2.76. The number of rotatable bonds is 5. The van der Waals surface area contributed by atoms with Crippen LogP contribution in [0.1, 0.15) is 45.7 Å². The van der Waals surface area contributed by atoms with Gasteiger partial charge >= 0.3 is 0 Å². The predicted octanol–water partition coefficient (Wildman–Crippen LogP) is 4.26. The third-order valence-corrected chi connectivity index (χ3v) is 5.57. The summed E-state index contributed by atoms with van der Waals surface area (Å²) in [4.78, 5) is 20.6. The largest absolute Gasteiger partial charge is 0.339 e. The summed E-state index contributed by atoms with van der Waals surface area (Å²) in [6, 6.07) is 12.1. The van der Waals surface area contributed by atoms with Crippen molar-refractivity contribution in [2.75, 3.05) is 7.05 Å². The molecular weight excluding hydrogens is 334 g/mol. The van der Waals surface area contributed by atoms with Crippen LogP contribution >= 0.6 is 11.3 Å². The van der Waals surface area contributed by atoms with Crippen LogP contribution < -0.4 is 0 Å². The number of nitrogens with zero attached hydrogens (tertiary/aromatic N) is 3. The summed E-state index contributed by atoms with van der Waals surface area (Å²) in [6.07, 6.45) is 2.24. The third kappa shape index (κ3) is 3.35. The maximum absolute atomic E-state index is 12.7. The number of aromatic nitrogens is 2. The predicted molar refractivity (Wildman–Crippen MR) is 96.6 cm³/mol. The van der Waals surface area contributed by atoms with Crippen molar-refractivity contribution in [3.8, 4) is 10.4 Å². The van der Waals surface area contributed by atoms with E-state index in [-0.39, 0.29) is 5.91 Å². The van der Waals surface area contributed by atoms with Gasteiger partial charge in [0, 0.05) is 17.8 Å². The Labute approximate surface area is 150 Å². The van der Waals surface area contributed by atoms with Crippen LogP contribution in [-0.2, 0) is 6.54 Å². The molecule has 25 heavy (non-hydrogen) atoms. The van der Waals surface area contributed by atoms with Gasteiger partial charge in [0.05, 0.1) is 11.4 Å². The van der Waals surface area contributed by atoms with Crippen LogP contribution in [0.3, 0.4) is 0 Å². The zero-order chi connectivity index (χ0) is 17.4. The molecule has 5 nitrogen and oxygen atoms in total. The molecule has 128 valence electrons. The number of aryl methyl sites for hydroxylation is 1. The van der Waals surface area contributed by atoms with Gasteiger partial charge in [0.25, 0.3) is 5.91 Å². The van der Waals surface area contributed by atoms with E-state index in [9.17, 15) is 4.79 Å². The summed E-state index contributed by atoms with van der Waals surface area (Å²) in [5, 5.41) is 3.99. The molecule has 4 rings (SSSR count). The molecule has 1 aromatic carbocycles. The van der Waals surface area contributed by atoms with Crippen molar-refractivity contribution >= 4 is 17.2 Å². The zero-order valence-corrected chi connectivity index (χ0v) is 15.0. The first-order chi connectivity index (χ1) is 12.1.